The first kappa shape index (κ1) is 10.0. The summed E-state index contributed by atoms with van der Waals surface area (Å²) in [6, 6.07) is -1.82. The van der Waals surface area contributed by atoms with Gasteiger partial charge >= 0.3 is 6.18 Å². The molecule has 1 atom stereocenters. The van der Waals surface area contributed by atoms with Crippen LogP contribution < -0.4 is 5.73 Å². The molecule has 6 heteroatoms. The number of nitrogens with two attached hydrogens (primary N) is 1. The molecule has 0 spiro atoms. The Kier molecular flexibility index (Phi) is 2.60. The molecule has 1 unspecified atom stereocenters. The lowest BCUT2D eigenvalue weighted by atomic mass is 10.2. The summed E-state index contributed by atoms with van der Waals surface area (Å²) in [5.74, 6) is 0. The van der Waals surface area contributed by atoms with Crippen LogP contribution in [0.1, 0.15) is 5.69 Å². The van der Waals surface area contributed by atoms with E-state index in [4.69, 9.17) is 5.73 Å². The van der Waals surface area contributed by atoms with Gasteiger partial charge in [0, 0.05) is 25.4 Å². The third kappa shape index (κ3) is 2.45. The van der Waals surface area contributed by atoms with Gasteiger partial charge in [-0.3, -0.25) is 0 Å². The van der Waals surface area contributed by atoms with Crippen molar-refractivity contribution in [2.75, 3.05) is 0 Å². The summed E-state index contributed by atoms with van der Waals surface area (Å²) in [5, 5.41) is 0. The van der Waals surface area contributed by atoms with E-state index in [0.717, 1.165) is 0 Å². The van der Waals surface area contributed by atoms with E-state index < -0.39 is 12.2 Å². The molecule has 0 aliphatic rings. The molecular weight excluding hydrogens is 183 g/mol. The molecule has 13 heavy (non-hydrogen) atoms. The predicted octanol–water partition coefficient (Wildman–Crippen LogP) is 0.852. The fourth-order valence-corrected chi connectivity index (χ4v) is 0.922. The van der Waals surface area contributed by atoms with Crippen molar-refractivity contribution in [3.05, 3.63) is 18.2 Å². The Morgan fingerprint density at radius 3 is 2.62 bits per heavy atom. The number of hydrogen-bond donors (Lipinski definition) is 1. The molecule has 0 aliphatic heterocycles. The van der Waals surface area contributed by atoms with E-state index in [0.29, 0.717) is 5.69 Å². The highest BCUT2D eigenvalue weighted by atomic mass is 19.4. The minimum absolute atomic E-state index is 0.236. The van der Waals surface area contributed by atoms with Gasteiger partial charge in [-0.25, -0.2) is 4.98 Å². The van der Waals surface area contributed by atoms with E-state index in [9.17, 15) is 13.2 Å². The summed E-state index contributed by atoms with van der Waals surface area (Å²) in [6.07, 6.45) is -1.76. The Balaban J connectivity index is 2.65. The van der Waals surface area contributed by atoms with Crippen LogP contribution in [0, 0.1) is 0 Å². The minimum atomic E-state index is -4.34. The standard InChI is InChI=1S/C7H10F3N3/c1-13-4-12-3-5(13)2-6(11)7(8,9)10/h3-4,6H,2,11H2,1H3. The number of hydrogen-bond acceptors (Lipinski definition) is 2. The van der Waals surface area contributed by atoms with Gasteiger partial charge in [0.2, 0.25) is 0 Å². The van der Waals surface area contributed by atoms with Gasteiger partial charge in [0.1, 0.15) is 6.04 Å². The van der Waals surface area contributed by atoms with Crippen LogP contribution in [0.2, 0.25) is 0 Å². The number of aromatic nitrogens is 2. The molecule has 0 radical (unpaired) electrons. The third-order valence-electron chi connectivity index (χ3n) is 1.77. The van der Waals surface area contributed by atoms with Gasteiger partial charge in [-0.2, -0.15) is 13.2 Å². The van der Waals surface area contributed by atoms with Crippen molar-refractivity contribution in [2.24, 2.45) is 12.8 Å². The quantitative estimate of drug-likeness (QED) is 0.756. The van der Waals surface area contributed by atoms with E-state index in [-0.39, 0.29) is 6.42 Å². The maximum absolute atomic E-state index is 12.0. The van der Waals surface area contributed by atoms with E-state index in [1.165, 1.54) is 17.1 Å². The zero-order valence-corrected chi connectivity index (χ0v) is 7.04. The molecule has 0 fully saturated rings. The molecule has 1 aromatic heterocycles. The van der Waals surface area contributed by atoms with Crippen molar-refractivity contribution in [3.63, 3.8) is 0 Å². The molecule has 1 aromatic rings. The van der Waals surface area contributed by atoms with Crippen LogP contribution >= 0.6 is 0 Å². The van der Waals surface area contributed by atoms with E-state index in [1.54, 1.807) is 7.05 Å². The summed E-state index contributed by atoms with van der Waals surface area (Å²) < 4.78 is 37.6. The van der Waals surface area contributed by atoms with Crippen molar-refractivity contribution in [3.8, 4) is 0 Å². The SMILES string of the molecule is Cn1cncc1CC(N)C(F)(F)F. The Hall–Kier alpha value is -1.04. The largest absolute Gasteiger partial charge is 0.404 e. The highest BCUT2D eigenvalue weighted by Gasteiger charge is 2.36. The number of aryl methyl sites for hydroxylation is 1. The fourth-order valence-electron chi connectivity index (χ4n) is 0.922. The molecule has 0 aromatic carbocycles. The molecule has 74 valence electrons. The first-order chi connectivity index (χ1) is 5.91. The zero-order valence-electron chi connectivity index (χ0n) is 7.04. The monoisotopic (exact) mass is 193 g/mol. The second kappa shape index (κ2) is 3.37. The zero-order chi connectivity index (χ0) is 10.1. The van der Waals surface area contributed by atoms with Gasteiger partial charge in [0.05, 0.1) is 6.33 Å². The Bertz CT molecular complexity index is 279. The van der Waals surface area contributed by atoms with Crippen LogP contribution in [0.3, 0.4) is 0 Å². The predicted molar refractivity (Wildman–Crippen MR) is 40.9 cm³/mol. The van der Waals surface area contributed by atoms with E-state index in [2.05, 4.69) is 4.98 Å². The number of rotatable bonds is 2. The third-order valence-corrected chi connectivity index (χ3v) is 1.77. The van der Waals surface area contributed by atoms with Crippen LogP contribution in [-0.2, 0) is 13.5 Å². The highest BCUT2D eigenvalue weighted by Crippen LogP contribution is 2.20. The molecule has 0 amide bonds. The smallest absolute Gasteiger partial charge is 0.338 e. The second-order valence-corrected chi connectivity index (χ2v) is 2.85. The fraction of sp³-hybridized carbons (Fsp3) is 0.571. The lowest BCUT2D eigenvalue weighted by Gasteiger charge is -2.15. The Morgan fingerprint density at radius 2 is 2.23 bits per heavy atom. The number of imidazole rings is 1. The van der Waals surface area contributed by atoms with Crippen molar-refractivity contribution in [2.45, 2.75) is 18.6 Å². The van der Waals surface area contributed by atoms with Crippen molar-refractivity contribution >= 4 is 0 Å². The molecule has 0 saturated carbocycles. The average molecular weight is 193 g/mol. The van der Waals surface area contributed by atoms with E-state index in [1.807, 2.05) is 0 Å². The topological polar surface area (TPSA) is 43.8 Å². The lowest BCUT2D eigenvalue weighted by Crippen LogP contribution is -2.39. The van der Waals surface area contributed by atoms with Gasteiger partial charge < -0.3 is 10.3 Å². The number of alkyl halides is 3. The molecule has 0 bridgehead atoms. The minimum Gasteiger partial charge on any atom is -0.338 e. The lowest BCUT2D eigenvalue weighted by molar-refractivity contribution is -0.147. The average Bonchev–Trinajstić information content (AvgIpc) is 2.34. The van der Waals surface area contributed by atoms with Crippen molar-refractivity contribution in [1.82, 2.24) is 9.55 Å². The molecule has 3 nitrogen and oxygen atoms in total. The van der Waals surface area contributed by atoms with Gasteiger partial charge in [0.15, 0.2) is 0 Å². The normalized spacial score (nSPS) is 14.5. The van der Waals surface area contributed by atoms with Crippen LogP contribution in [0.4, 0.5) is 13.2 Å². The van der Waals surface area contributed by atoms with E-state index >= 15 is 0 Å². The Morgan fingerprint density at radius 1 is 1.62 bits per heavy atom. The van der Waals surface area contributed by atoms with Crippen molar-refractivity contribution < 1.29 is 13.2 Å². The first-order valence-corrected chi connectivity index (χ1v) is 3.68. The van der Waals surface area contributed by atoms with Crippen LogP contribution in [-0.4, -0.2) is 21.8 Å². The number of halogens is 3. The molecular formula is C7H10F3N3. The number of nitrogens with zero attached hydrogens (tertiary/aromatic N) is 2. The summed E-state index contributed by atoms with van der Waals surface area (Å²) in [4.78, 5) is 3.70. The molecule has 1 rings (SSSR count). The summed E-state index contributed by atoms with van der Waals surface area (Å²) in [5.41, 5.74) is 5.42. The first-order valence-electron chi connectivity index (χ1n) is 3.68. The Labute approximate surface area is 73.4 Å². The summed E-state index contributed by atoms with van der Waals surface area (Å²) in [6.45, 7) is 0. The summed E-state index contributed by atoms with van der Waals surface area (Å²) >= 11 is 0. The molecule has 0 aliphatic carbocycles. The van der Waals surface area contributed by atoms with Crippen LogP contribution in [0.25, 0.3) is 0 Å². The maximum atomic E-state index is 12.0. The molecule has 0 saturated heterocycles. The molecule has 2 N–H and O–H groups in total. The van der Waals surface area contributed by atoms with Crippen molar-refractivity contribution in [1.29, 1.82) is 0 Å². The van der Waals surface area contributed by atoms with Gasteiger partial charge in [-0.15, -0.1) is 0 Å². The highest BCUT2D eigenvalue weighted by molar-refractivity contribution is 5.01. The van der Waals surface area contributed by atoms with Crippen LogP contribution in [0.15, 0.2) is 12.5 Å². The van der Waals surface area contributed by atoms with Gasteiger partial charge in [0.25, 0.3) is 0 Å². The van der Waals surface area contributed by atoms with Gasteiger partial charge in [-0.1, -0.05) is 0 Å². The van der Waals surface area contributed by atoms with Crippen LogP contribution in [0.5, 0.6) is 0 Å². The molecule has 1 heterocycles. The summed E-state index contributed by atoms with van der Waals surface area (Å²) in [7, 11) is 1.63. The maximum Gasteiger partial charge on any atom is 0.404 e. The van der Waals surface area contributed by atoms with Gasteiger partial charge in [-0.05, 0) is 0 Å². The second-order valence-electron chi connectivity index (χ2n) is 2.85.